The van der Waals surface area contributed by atoms with E-state index in [1.807, 2.05) is 30.3 Å². The molecule has 1 saturated carbocycles. The average molecular weight is 390 g/mol. The van der Waals surface area contributed by atoms with Gasteiger partial charge in [0.1, 0.15) is 4.21 Å². The molecule has 1 fully saturated rings. The van der Waals surface area contributed by atoms with Crippen LogP contribution in [0.5, 0.6) is 0 Å². The molecule has 8 heteroatoms. The fourth-order valence-electron chi connectivity index (χ4n) is 3.10. The van der Waals surface area contributed by atoms with Crippen molar-refractivity contribution in [1.29, 1.82) is 0 Å². The molecule has 0 amide bonds. The second kappa shape index (κ2) is 7.30. The number of hydrogen-bond acceptors (Lipinski definition) is 6. The van der Waals surface area contributed by atoms with Crippen molar-refractivity contribution in [3.05, 3.63) is 53.9 Å². The number of aromatic nitrogens is 2. The molecular formula is C18H19N3O3S2. The van der Waals surface area contributed by atoms with Gasteiger partial charge < -0.3 is 4.42 Å². The molecule has 136 valence electrons. The normalized spacial score (nSPS) is 15.5. The minimum absolute atomic E-state index is 0.240. The molecule has 2 aromatic heterocycles. The first-order valence-corrected chi connectivity index (χ1v) is 10.9. The van der Waals surface area contributed by atoms with Gasteiger partial charge in [-0.15, -0.1) is 21.5 Å². The number of nitrogens with one attached hydrogen (secondary N) is 1. The van der Waals surface area contributed by atoms with E-state index in [4.69, 9.17) is 4.42 Å². The van der Waals surface area contributed by atoms with Crippen LogP contribution < -0.4 is 4.72 Å². The third-order valence-corrected chi connectivity index (χ3v) is 7.48. The lowest BCUT2D eigenvalue weighted by Crippen LogP contribution is -2.22. The van der Waals surface area contributed by atoms with Gasteiger partial charge in [0.25, 0.3) is 5.89 Å². The summed E-state index contributed by atoms with van der Waals surface area (Å²) < 4.78 is 33.6. The van der Waals surface area contributed by atoms with Crippen LogP contribution in [-0.2, 0) is 16.6 Å². The van der Waals surface area contributed by atoms with E-state index in [9.17, 15) is 8.42 Å². The lowest BCUT2D eigenvalue weighted by atomic mass is 10.1. The first-order chi connectivity index (χ1) is 12.6. The van der Waals surface area contributed by atoms with Gasteiger partial charge in [0.05, 0.1) is 4.88 Å². The highest BCUT2D eigenvalue weighted by molar-refractivity contribution is 7.91. The first kappa shape index (κ1) is 17.4. The van der Waals surface area contributed by atoms with E-state index in [-0.39, 0.29) is 10.8 Å². The zero-order chi connectivity index (χ0) is 18.0. The number of benzene rings is 1. The largest absolute Gasteiger partial charge is 0.420 e. The van der Waals surface area contributed by atoms with Gasteiger partial charge in [-0.05, 0) is 30.5 Å². The number of nitrogens with zero attached hydrogens (tertiary/aromatic N) is 2. The van der Waals surface area contributed by atoms with E-state index in [0.29, 0.717) is 22.6 Å². The van der Waals surface area contributed by atoms with Gasteiger partial charge in [-0.1, -0.05) is 43.2 Å². The molecule has 0 aliphatic heterocycles. The van der Waals surface area contributed by atoms with Crippen LogP contribution in [-0.4, -0.2) is 18.6 Å². The second-order valence-electron chi connectivity index (χ2n) is 6.36. The maximum absolute atomic E-state index is 12.5. The molecule has 0 bridgehead atoms. The lowest BCUT2D eigenvalue weighted by Gasteiger charge is -2.04. The van der Waals surface area contributed by atoms with Gasteiger partial charge in [-0.3, -0.25) is 0 Å². The molecule has 26 heavy (non-hydrogen) atoms. The van der Waals surface area contributed by atoms with Crippen LogP contribution in [0.2, 0.25) is 0 Å². The Kier molecular flexibility index (Phi) is 4.88. The van der Waals surface area contributed by atoms with Crippen molar-refractivity contribution in [2.75, 3.05) is 0 Å². The molecule has 0 radical (unpaired) electrons. The minimum Gasteiger partial charge on any atom is -0.420 e. The van der Waals surface area contributed by atoms with Crippen LogP contribution >= 0.6 is 11.3 Å². The molecular weight excluding hydrogens is 370 g/mol. The number of thiophene rings is 1. The summed E-state index contributed by atoms with van der Waals surface area (Å²) >= 11 is 1.14. The Morgan fingerprint density at radius 3 is 2.62 bits per heavy atom. The summed E-state index contributed by atoms with van der Waals surface area (Å²) in [7, 11) is -3.58. The highest BCUT2D eigenvalue weighted by atomic mass is 32.2. The average Bonchev–Trinajstić information content (AvgIpc) is 3.41. The van der Waals surface area contributed by atoms with E-state index in [1.165, 1.54) is 12.8 Å². The molecule has 2 heterocycles. The number of hydrogen-bond donors (Lipinski definition) is 1. The summed E-state index contributed by atoms with van der Waals surface area (Å²) in [4.78, 5) is 0.668. The first-order valence-electron chi connectivity index (χ1n) is 8.59. The monoisotopic (exact) mass is 389 g/mol. The van der Waals surface area contributed by atoms with Crippen LogP contribution in [0.15, 0.2) is 51.1 Å². The molecule has 4 rings (SSSR count). The van der Waals surface area contributed by atoms with Crippen LogP contribution in [0, 0.1) is 0 Å². The molecule has 3 aromatic rings. The smallest absolute Gasteiger partial charge is 0.257 e. The summed E-state index contributed by atoms with van der Waals surface area (Å²) in [5.74, 6) is 1.39. The fraction of sp³-hybridized carbons (Fsp3) is 0.333. The third kappa shape index (κ3) is 3.72. The Bertz CT molecular complexity index is 974. The SMILES string of the molecule is O=S(=O)(NCc1ccccc1)c1ccc(-c2nnc(C3CCCC3)o2)s1. The molecule has 0 spiro atoms. The molecule has 0 saturated heterocycles. The van der Waals surface area contributed by atoms with Crippen LogP contribution in [0.3, 0.4) is 0 Å². The highest BCUT2D eigenvalue weighted by Gasteiger charge is 2.24. The van der Waals surface area contributed by atoms with Gasteiger partial charge in [0, 0.05) is 12.5 Å². The molecule has 1 N–H and O–H groups in total. The predicted molar refractivity (Wildman–Crippen MR) is 99.3 cm³/mol. The molecule has 1 aromatic carbocycles. The van der Waals surface area contributed by atoms with Gasteiger partial charge in [0.2, 0.25) is 15.9 Å². The summed E-state index contributed by atoms with van der Waals surface area (Å²) in [6, 6.07) is 12.7. The van der Waals surface area contributed by atoms with Crippen molar-refractivity contribution in [2.45, 2.75) is 42.4 Å². The highest BCUT2D eigenvalue weighted by Crippen LogP contribution is 2.36. The van der Waals surface area contributed by atoms with E-state index >= 15 is 0 Å². The van der Waals surface area contributed by atoms with Crippen molar-refractivity contribution in [3.8, 4) is 10.8 Å². The van der Waals surface area contributed by atoms with Crippen molar-refractivity contribution in [3.63, 3.8) is 0 Å². The van der Waals surface area contributed by atoms with Crippen molar-refractivity contribution >= 4 is 21.4 Å². The molecule has 1 aliphatic rings. The van der Waals surface area contributed by atoms with Crippen LogP contribution in [0.1, 0.15) is 43.1 Å². The van der Waals surface area contributed by atoms with Crippen LogP contribution in [0.4, 0.5) is 0 Å². The quantitative estimate of drug-likeness (QED) is 0.690. The predicted octanol–water partition coefficient (Wildman–Crippen LogP) is 3.93. The Balaban J connectivity index is 1.48. The van der Waals surface area contributed by atoms with E-state index in [0.717, 1.165) is 29.7 Å². The zero-order valence-electron chi connectivity index (χ0n) is 14.1. The van der Waals surface area contributed by atoms with Gasteiger partial charge in [-0.2, -0.15) is 0 Å². The number of sulfonamides is 1. The summed E-state index contributed by atoms with van der Waals surface area (Å²) in [5.41, 5.74) is 0.908. The number of rotatable bonds is 6. The van der Waals surface area contributed by atoms with E-state index < -0.39 is 10.0 Å². The summed E-state index contributed by atoms with van der Waals surface area (Å²) in [6.07, 6.45) is 4.54. The van der Waals surface area contributed by atoms with Gasteiger partial charge in [0.15, 0.2) is 0 Å². The standard InChI is InChI=1S/C18H19N3O3S2/c22-26(23,19-12-13-6-2-1-3-7-13)16-11-10-15(25-16)18-21-20-17(24-18)14-8-4-5-9-14/h1-3,6-7,10-11,14,19H,4-5,8-9,12H2. The summed E-state index contributed by atoms with van der Waals surface area (Å²) in [6.45, 7) is 0.253. The second-order valence-corrected chi connectivity index (χ2v) is 9.43. The van der Waals surface area contributed by atoms with Crippen molar-refractivity contribution in [2.24, 2.45) is 0 Å². The maximum atomic E-state index is 12.5. The van der Waals surface area contributed by atoms with Gasteiger partial charge >= 0.3 is 0 Å². The Hall–Kier alpha value is -2.03. The molecule has 6 nitrogen and oxygen atoms in total. The summed E-state index contributed by atoms with van der Waals surface area (Å²) in [5, 5.41) is 8.25. The van der Waals surface area contributed by atoms with E-state index in [2.05, 4.69) is 14.9 Å². The molecule has 0 unspecified atom stereocenters. The molecule has 0 atom stereocenters. The van der Waals surface area contributed by atoms with Crippen LogP contribution in [0.25, 0.3) is 10.8 Å². The van der Waals surface area contributed by atoms with Gasteiger partial charge in [-0.25, -0.2) is 13.1 Å². The molecule has 1 aliphatic carbocycles. The van der Waals surface area contributed by atoms with E-state index in [1.54, 1.807) is 12.1 Å². The van der Waals surface area contributed by atoms with Crippen molar-refractivity contribution < 1.29 is 12.8 Å². The fourth-order valence-corrected chi connectivity index (χ4v) is 5.39. The lowest BCUT2D eigenvalue weighted by molar-refractivity contribution is 0.458. The topological polar surface area (TPSA) is 85.1 Å². The Morgan fingerprint density at radius 1 is 1.08 bits per heavy atom. The minimum atomic E-state index is -3.58. The zero-order valence-corrected chi connectivity index (χ0v) is 15.7. The maximum Gasteiger partial charge on any atom is 0.257 e. The third-order valence-electron chi connectivity index (χ3n) is 4.51. The van der Waals surface area contributed by atoms with Crippen molar-refractivity contribution in [1.82, 2.24) is 14.9 Å². The Morgan fingerprint density at radius 2 is 1.85 bits per heavy atom. The Labute approximate surface area is 156 Å².